The Morgan fingerprint density at radius 3 is 2.30 bits per heavy atom. The van der Waals surface area contributed by atoms with Crippen LogP contribution in [-0.4, -0.2) is 57.4 Å². The van der Waals surface area contributed by atoms with Crippen LogP contribution in [0.1, 0.15) is 72.6 Å². The molecule has 3 aliphatic rings. The molecular formula is C34H40N4OS. The highest BCUT2D eigenvalue weighted by atomic mass is 32.1. The number of aromatic nitrogens is 2. The van der Waals surface area contributed by atoms with Gasteiger partial charge in [0.1, 0.15) is 4.83 Å². The predicted molar refractivity (Wildman–Crippen MR) is 164 cm³/mol. The van der Waals surface area contributed by atoms with Crippen molar-refractivity contribution in [1.82, 2.24) is 19.8 Å². The van der Waals surface area contributed by atoms with E-state index in [0.717, 1.165) is 26.1 Å². The number of H-pyrrole nitrogens is 1. The molecule has 6 heteroatoms. The molecule has 40 heavy (non-hydrogen) atoms. The normalized spacial score (nSPS) is 21.4. The van der Waals surface area contributed by atoms with E-state index in [1.165, 1.54) is 74.3 Å². The molecule has 0 unspecified atom stereocenters. The monoisotopic (exact) mass is 552 g/mol. The van der Waals surface area contributed by atoms with Crippen LogP contribution >= 0.6 is 11.3 Å². The maximum Gasteiger partial charge on any atom is 0.233 e. The summed E-state index contributed by atoms with van der Waals surface area (Å²) in [7, 11) is 0. The lowest BCUT2D eigenvalue weighted by atomic mass is 9.88. The van der Waals surface area contributed by atoms with E-state index in [-0.39, 0.29) is 0 Å². The Labute approximate surface area is 241 Å². The molecule has 3 aliphatic heterocycles. The number of rotatable bonds is 7. The van der Waals surface area contributed by atoms with Gasteiger partial charge >= 0.3 is 0 Å². The number of amides is 1. The van der Waals surface area contributed by atoms with Crippen LogP contribution in [-0.2, 0) is 16.6 Å². The number of hydrogen-bond donors (Lipinski definition) is 1. The average molecular weight is 553 g/mol. The number of aromatic amines is 1. The zero-order valence-corrected chi connectivity index (χ0v) is 25.0. The second-order valence-electron chi connectivity index (χ2n) is 13.0. The molecule has 3 aromatic heterocycles. The van der Waals surface area contributed by atoms with Crippen molar-refractivity contribution in [3.05, 3.63) is 75.9 Å². The van der Waals surface area contributed by atoms with Crippen molar-refractivity contribution >= 4 is 27.5 Å². The van der Waals surface area contributed by atoms with E-state index in [0.29, 0.717) is 23.9 Å². The van der Waals surface area contributed by atoms with Gasteiger partial charge in [0.25, 0.3) is 0 Å². The Kier molecular flexibility index (Phi) is 6.39. The summed E-state index contributed by atoms with van der Waals surface area (Å²) < 4.78 is 0. The zero-order valence-electron chi connectivity index (χ0n) is 24.2. The van der Waals surface area contributed by atoms with E-state index < -0.39 is 5.41 Å². The second kappa shape index (κ2) is 9.85. The minimum atomic E-state index is -0.512. The van der Waals surface area contributed by atoms with E-state index in [1.54, 1.807) is 11.3 Å². The number of nitrogens with one attached hydrogen (secondary N) is 1. The second-order valence-corrected chi connectivity index (χ2v) is 14.0. The highest BCUT2D eigenvalue weighted by Crippen LogP contribution is 2.44. The van der Waals surface area contributed by atoms with Crippen LogP contribution in [0.15, 0.2) is 48.8 Å². The largest absolute Gasteiger partial charge is 0.346 e. The molecule has 6 heterocycles. The zero-order chi connectivity index (χ0) is 27.6. The van der Waals surface area contributed by atoms with Gasteiger partial charge in [0.2, 0.25) is 5.91 Å². The summed E-state index contributed by atoms with van der Waals surface area (Å²) in [5, 5.41) is 1.30. The Hall–Kier alpha value is -2.96. The van der Waals surface area contributed by atoms with Gasteiger partial charge in [-0.15, -0.1) is 11.3 Å². The molecule has 1 aromatic carbocycles. The summed E-state index contributed by atoms with van der Waals surface area (Å²) in [6.45, 7) is 11.9. The molecular weight excluding hydrogens is 512 g/mol. The van der Waals surface area contributed by atoms with Gasteiger partial charge in [0.15, 0.2) is 0 Å². The first-order valence-corrected chi connectivity index (χ1v) is 15.8. The molecule has 1 amide bonds. The first-order chi connectivity index (χ1) is 19.3. The fourth-order valence-corrected chi connectivity index (χ4v) is 8.69. The molecule has 208 valence electrons. The highest BCUT2D eigenvalue weighted by molar-refractivity contribution is 7.19. The molecule has 0 aliphatic carbocycles. The average Bonchev–Trinajstić information content (AvgIpc) is 3.68. The smallest absolute Gasteiger partial charge is 0.233 e. The third-order valence-corrected chi connectivity index (χ3v) is 11.1. The Bertz CT molecular complexity index is 1520. The van der Waals surface area contributed by atoms with Crippen LogP contribution < -0.4 is 0 Å². The van der Waals surface area contributed by atoms with Gasteiger partial charge in [-0.05, 0) is 107 Å². The Balaban J connectivity index is 1.18. The first kappa shape index (κ1) is 26.0. The molecule has 0 radical (unpaired) electrons. The minimum absolute atomic E-state index is 0.320. The summed E-state index contributed by atoms with van der Waals surface area (Å²) >= 11 is 1.78. The van der Waals surface area contributed by atoms with Gasteiger partial charge in [0.05, 0.1) is 11.1 Å². The van der Waals surface area contributed by atoms with Crippen LogP contribution in [0, 0.1) is 13.8 Å². The molecule has 5 nitrogen and oxygen atoms in total. The predicted octanol–water partition coefficient (Wildman–Crippen LogP) is 6.98. The van der Waals surface area contributed by atoms with Gasteiger partial charge in [0, 0.05) is 60.3 Å². The number of nitrogens with zero attached hydrogens (tertiary/aromatic N) is 3. The topological polar surface area (TPSA) is 52.2 Å². The number of hydrogen-bond acceptors (Lipinski definition) is 4. The van der Waals surface area contributed by atoms with E-state index >= 15 is 0 Å². The Morgan fingerprint density at radius 2 is 1.65 bits per heavy atom. The number of likely N-dealkylation sites (tertiary alicyclic amines) is 1. The molecule has 4 aromatic rings. The van der Waals surface area contributed by atoms with E-state index in [4.69, 9.17) is 0 Å². The van der Waals surface area contributed by atoms with Crippen molar-refractivity contribution in [2.24, 2.45) is 0 Å². The number of carbonyl (C=O) groups is 1. The fourth-order valence-electron chi connectivity index (χ4n) is 7.51. The van der Waals surface area contributed by atoms with Crippen LogP contribution in [0.2, 0.25) is 0 Å². The van der Waals surface area contributed by atoms with Crippen molar-refractivity contribution in [1.29, 1.82) is 0 Å². The van der Waals surface area contributed by atoms with Crippen molar-refractivity contribution in [2.45, 2.75) is 83.2 Å². The van der Waals surface area contributed by atoms with Gasteiger partial charge in [-0.1, -0.05) is 17.2 Å². The maximum absolute atomic E-state index is 13.9. The van der Waals surface area contributed by atoms with Crippen molar-refractivity contribution in [3.63, 3.8) is 0 Å². The van der Waals surface area contributed by atoms with Gasteiger partial charge in [-0.25, -0.2) is 0 Å². The molecule has 2 bridgehead atoms. The Morgan fingerprint density at radius 1 is 1.00 bits per heavy atom. The molecule has 3 saturated heterocycles. The first-order valence-electron chi connectivity index (χ1n) is 15.0. The lowest BCUT2D eigenvalue weighted by Crippen LogP contribution is -2.45. The van der Waals surface area contributed by atoms with Crippen molar-refractivity contribution in [3.8, 4) is 11.3 Å². The number of pyridine rings is 1. The molecule has 3 fully saturated rings. The summed E-state index contributed by atoms with van der Waals surface area (Å²) in [6.07, 6.45) is 9.52. The summed E-state index contributed by atoms with van der Waals surface area (Å²) in [4.78, 5) is 29.1. The number of fused-ring (bicyclic) bond motifs is 3. The summed E-state index contributed by atoms with van der Waals surface area (Å²) in [5.74, 6) is 0.925. The van der Waals surface area contributed by atoms with Crippen LogP contribution in [0.3, 0.4) is 0 Å². The van der Waals surface area contributed by atoms with Gasteiger partial charge in [-0.3, -0.25) is 9.78 Å². The van der Waals surface area contributed by atoms with E-state index in [2.05, 4.69) is 83.9 Å². The molecule has 0 saturated carbocycles. The number of carbonyl (C=O) groups excluding carboxylic acids is 1. The molecule has 1 N–H and O–H groups in total. The van der Waals surface area contributed by atoms with Crippen LogP contribution in [0.4, 0.5) is 0 Å². The standard InChI is InChI=1S/C34H40N4OS/c1-21-15-22(2)17-24(16-21)31-28(11-14-37-19-25(20-37)23-9-12-35-13-10-23)29-18-30(40-32(29)36-31)34(3,4)33(39)38-26-5-6-27(38)8-7-26/h9-10,12-13,15-18,25-27,36H,5-8,11,14,19-20H2,1-4H3. The van der Waals surface area contributed by atoms with E-state index in [1.807, 2.05) is 12.4 Å². The maximum atomic E-state index is 13.9. The van der Waals surface area contributed by atoms with Crippen molar-refractivity contribution in [2.75, 3.05) is 19.6 Å². The minimum Gasteiger partial charge on any atom is -0.346 e. The highest BCUT2D eigenvalue weighted by Gasteiger charge is 2.47. The van der Waals surface area contributed by atoms with E-state index in [9.17, 15) is 4.79 Å². The fraction of sp³-hybridized carbons (Fsp3) is 0.471. The summed E-state index contributed by atoms with van der Waals surface area (Å²) in [6, 6.07) is 14.4. The van der Waals surface area contributed by atoms with Gasteiger partial charge in [-0.2, -0.15) is 0 Å². The number of thiophene rings is 1. The van der Waals surface area contributed by atoms with Crippen LogP contribution in [0.25, 0.3) is 21.5 Å². The third-order valence-electron chi connectivity index (χ3n) is 9.76. The molecule has 0 atom stereocenters. The summed E-state index contributed by atoms with van der Waals surface area (Å²) in [5.41, 5.74) is 7.35. The molecule has 7 rings (SSSR count). The van der Waals surface area contributed by atoms with Gasteiger partial charge < -0.3 is 14.8 Å². The molecule has 0 spiro atoms. The quantitative estimate of drug-likeness (QED) is 0.269. The number of benzene rings is 1. The number of aryl methyl sites for hydroxylation is 2. The SMILES string of the molecule is Cc1cc(C)cc(-c2[nH]c3sc(C(C)(C)C(=O)N4C5CCC4CC5)cc3c2CCN2CC(c3ccncc3)C2)c1. The lowest BCUT2D eigenvalue weighted by Gasteiger charge is -2.39. The van der Waals surface area contributed by atoms with Crippen LogP contribution in [0.5, 0.6) is 0 Å². The lowest BCUT2D eigenvalue weighted by molar-refractivity contribution is -0.137. The van der Waals surface area contributed by atoms with Crippen molar-refractivity contribution < 1.29 is 4.79 Å². The third kappa shape index (κ3) is 4.40.